The molecule has 7 heteroatoms. The van der Waals surface area contributed by atoms with Gasteiger partial charge >= 0.3 is 0 Å². The number of carbonyl (C=O) groups excluding carboxylic acids is 2. The van der Waals surface area contributed by atoms with E-state index in [9.17, 15) is 9.59 Å². The molecule has 0 saturated heterocycles. The van der Waals surface area contributed by atoms with Crippen molar-refractivity contribution in [2.75, 3.05) is 5.32 Å². The number of nitrogens with zero attached hydrogens (tertiary/aromatic N) is 2. The summed E-state index contributed by atoms with van der Waals surface area (Å²) in [4.78, 5) is 32.3. The second-order valence-electron chi connectivity index (χ2n) is 5.09. The van der Waals surface area contributed by atoms with Gasteiger partial charge < -0.3 is 11.1 Å². The van der Waals surface area contributed by atoms with Gasteiger partial charge in [-0.05, 0) is 39.0 Å². The number of hydrogen-bond acceptors (Lipinski definition) is 5. The second kappa shape index (κ2) is 7.23. The third-order valence-corrected chi connectivity index (χ3v) is 4.02. The Hall–Kier alpha value is -2.41. The first-order chi connectivity index (χ1) is 10.9. The molecule has 0 bridgehead atoms. The highest BCUT2D eigenvalue weighted by atomic mass is 32.2. The van der Waals surface area contributed by atoms with E-state index < -0.39 is 11.2 Å². The van der Waals surface area contributed by atoms with E-state index in [1.165, 1.54) is 11.8 Å². The second-order valence-corrected chi connectivity index (χ2v) is 6.40. The largest absolute Gasteiger partial charge is 0.366 e. The number of aromatic nitrogens is 2. The molecule has 2 aromatic rings. The molecule has 0 aliphatic rings. The molecule has 0 saturated carbocycles. The minimum absolute atomic E-state index is 0.244. The van der Waals surface area contributed by atoms with Crippen LogP contribution in [0.25, 0.3) is 0 Å². The van der Waals surface area contributed by atoms with Crippen LogP contribution in [0.1, 0.15) is 28.7 Å². The van der Waals surface area contributed by atoms with Crippen LogP contribution in [0.5, 0.6) is 0 Å². The van der Waals surface area contributed by atoms with Crippen molar-refractivity contribution in [2.24, 2.45) is 5.73 Å². The molecule has 0 aliphatic carbocycles. The molecule has 1 heterocycles. The monoisotopic (exact) mass is 330 g/mol. The zero-order chi connectivity index (χ0) is 17.0. The number of benzene rings is 1. The SMILES string of the molecule is Cc1cc(C)nc(S[C@H](C)C(=O)Nc2ccccc2C(N)=O)n1. The molecule has 1 aromatic heterocycles. The van der Waals surface area contributed by atoms with Gasteiger partial charge in [0.25, 0.3) is 5.91 Å². The summed E-state index contributed by atoms with van der Waals surface area (Å²) in [6, 6.07) is 8.51. The van der Waals surface area contributed by atoms with E-state index in [1.54, 1.807) is 31.2 Å². The van der Waals surface area contributed by atoms with Crippen molar-refractivity contribution in [2.45, 2.75) is 31.2 Å². The van der Waals surface area contributed by atoms with Crippen molar-refractivity contribution in [3.8, 4) is 0 Å². The van der Waals surface area contributed by atoms with Crippen LogP contribution in [0.2, 0.25) is 0 Å². The summed E-state index contributed by atoms with van der Waals surface area (Å²) in [6.45, 7) is 5.52. The molecular formula is C16H18N4O2S. The number of nitrogens with one attached hydrogen (secondary N) is 1. The van der Waals surface area contributed by atoms with Gasteiger partial charge in [0, 0.05) is 11.4 Å². The molecule has 2 rings (SSSR count). The molecule has 1 aromatic carbocycles. The van der Waals surface area contributed by atoms with Gasteiger partial charge in [0.05, 0.1) is 16.5 Å². The van der Waals surface area contributed by atoms with E-state index in [0.29, 0.717) is 10.8 Å². The van der Waals surface area contributed by atoms with Gasteiger partial charge in [0.1, 0.15) is 0 Å². The summed E-state index contributed by atoms with van der Waals surface area (Å²) in [5, 5.41) is 2.86. The van der Waals surface area contributed by atoms with Crippen molar-refractivity contribution >= 4 is 29.3 Å². The van der Waals surface area contributed by atoms with Gasteiger partial charge in [-0.15, -0.1) is 0 Å². The fourth-order valence-corrected chi connectivity index (χ4v) is 2.87. The van der Waals surface area contributed by atoms with E-state index in [2.05, 4.69) is 15.3 Å². The first-order valence-corrected chi connectivity index (χ1v) is 7.93. The summed E-state index contributed by atoms with van der Waals surface area (Å²) in [6.07, 6.45) is 0. The van der Waals surface area contributed by atoms with Gasteiger partial charge in [0.15, 0.2) is 5.16 Å². The smallest absolute Gasteiger partial charge is 0.250 e. The topological polar surface area (TPSA) is 98.0 Å². The van der Waals surface area contributed by atoms with Crippen molar-refractivity contribution in [1.29, 1.82) is 0 Å². The van der Waals surface area contributed by atoms with E-state index in [0.717, 1.165) is 11.4 Å². The average molecular weight is 330 g/mol. The summed E-state index contributed by atoms with van der Waals surface area (Å²) >= 11 is 1.26. The highest BCUT2D eigenvalue weighted by Gasteiger charge is 2.18. The predicted molar refractivity (Wildman–Crippen MR) is 90.4 cm³/mol. The van der Waals surface area contributed by atoms with Crippen molar-refractivity contribution in [1.82, 2.24) is 9.97 Å². The molecule has 1 atom stereocenters. The van der Waals surface area contributed by atoms with Crippen LogP contribution in [0.3, 0.4) is 0 Å². The number of thioether (sulfide) groups is 1. The van der Waals surface area contributed by atoms with Crippen LogP contribution < -0.4 is 11.1 Å². The molecule has 0 radical (unpaired) electrons. The van der Waals surface area contributed by atoms with Crippen LogP contribution in [0, 0.1) is 13.8 Å². The van der Waals surface area contributed by atoms with Gasteiger partial charge in [0.2, 0.25) is 5.91 Å². The number of hydrogen-bond donors (Lipinski definition) is 2. The third-order valence-electron chi connectivity index (χ3n) is 3.06. The molecule has 3 N–H and O–H groups in total. The van der Waals surface area contributed by atoms with Crippen molar-refractivity contribution < 1.29 is 9.59 Å². The highest BCUT2D eigenvalue weighted by molar-refractivity contribution is 8.00. The Morgan fingerprint density at radius 3 is 2.39 bits per heavy atom. The first kappa shape index (κ1) is 17.0. The Morgan fingerprint density at radius 1 is 1.17 bits per heavy atom. The van der Waals surface area contributed by atoms with Crippen LogP contribution in [0.4, 0.5) is 5.69 Å². The summed E-state index contributed by atoms with van der Waals surface area (Å²) in [5.41, 5.74) is 7.69. The number of nitrogens with two attached hydrogens (primary N) is 1. The van der Waals surface area contributed by atoms with Crippen LogP contribution in [-0.2, 0) is 4.79 Å². The summed E-state index contributed by atoms with van der Waals surface area (Å²) in [5.74, 6) is -0.828. The Balaban J connectivity index is 2.10. The zero-order valence-corrected chi connectivity index (χ0v) is 14.0. The fraction of sp³-hybridized carbons (Fsp3) is 0.250. The lowest BCUT2D eigenvalue weighted by atomic mass is 10.1. The van der Waals surface area contributed by atoms with Gasteiger partial charge in [-0.3, -0.25) is 9.59 Å². The lowest BCUT2D eigenvalue weighted by Crippen LogP contribution is -2.25. The fourth-order valence-electron chi connectivity index (χ4n) is 2.00. The predicted octanol–water partition coefficient (Wildman–Crippen LogP) is 2.31. The van der Waals surface area contributed by atoms with Gasteiger partial charge in [-0.1, -0.05) is 23.9 Å². The minimum Gasteiger partial charge on any atom is -0.366 e. The number of primary amides is 1. The molecule has 0 fully saturated rings. The first-order valence-electron chi connectivity index (χ1n) is 7.05. The maximum absolute atomic E-state index is 12.3. The van der Waals surface area contributed by atoms with Crippen LogP contribution in [0.15, 0.2) is 35.5 Å². The average Bonchev–Trinajstić information content (AvgIpc) is 2.46. The molecule has 6 nitrogen and oxygen atoms in total. The zero-order valence-electron chi connectivity index (χ0n) is 13.2. The van der Waals surface area contributed by atoms with Crippen LogP contribution in [-0.4, -0.2) is 27.0 Å². The summed E-state index contributed by atoms with van der Waals surface area (Å²) < 4.78 is 0. The molecule has 0 unspecified atom stereocenters. The Labute approximate surface area is 138 Å². The van der Waals surface area contributed by atoms with Gasteiger partial charge in [-0.2, -0.15) is 0 Å². The van der Waals surface area contributed by atoms with E-state index in [-0.39, 0.29) is 11.5 Å². The Bertz CT molecular complexity index is 728. The van der Waals surface area contributed by atoms with Gasteiger partial charge in [-0.25, -0.2) is 9.97 Å². The maximum atomic E-state index is 12.3. The minimum atomic E-state index is -0.584. The maximum Gasteiger partial charge on any atom is 0.250 e. The van der Waals surface area contributed by atoms with Crippen molar-refractivity contribution in [3.05, 3.63) is 47.3 Å². The van der Waals surface area contributed by atoms with E-state index in [1.807, 2.05) is 19.9 Å². The van der Waals surface area contributed by atoms with E-state index >= 15 is 0 Å². The number of anilines is 1. The molecule has 0 spiro atoms. The number of amides is 2. The summed E-state index contributed by atoms with van der Waals surface area (Å²) in [7, 11) is 0. The molecule has 0 aliphatic heterocycles. The Morgan fingerprint density at radius 2 is 1.78 bits per heavy atom. The highest BCUT2D eigenvalue weighted by Crippen LogP contribution is 2.22. The number of aryl methyl sites for hydroxylation is 2. The normalized spacial score (nSPS) is 11.8. The Kier molecular flexibility index (Phi) is 5.33. The van der Waals surface area contributed by atoms with Crippen LogP contribution >= 0.6 is 11.8 Å². The lowest BCUT2D eigenvalue weighted by molar-refractivity contribution is -0.115. The molecule has 120 valence electrons. The number of rotatable bonds is 5. The lowest BCUT2D eigenvalue weighted by Gasteiger charge is -2.13. The number of para-hydroxylation sites is 1. The standard InChI is InChI=1S/C16H18N4O2S/c1-9-8-10(2)19-16(18-9)23-11(3)15(22)20-13-7-5-4-6-12(13)14(17)21/h4-8,11H,1-3H3,(H2,17,21)(H,20,22)/t11-/m1/s1. The molecular weight excluding hydrogens is 312 g/mol. The van der Waals surface area contributed by atoms with E-state index in [4.69, 9.17) is 5.73 Å². The quantitative estimate of drug-likeness (QED) is 0.647. The molecule has 23 heavy (non-hydrogen) atoms. The number of carbonyl (C=O) groups is 2. The third kappa shape index (κ3) is 4.53. The van der Waals surface area contributed by atoms with Crippen molar-refractivity contribution in [3.63, 3.8) is 0 Å². The molecule has 2 amide bonds.